The molecule has 0 bridgehead atoms. The van der Waals surface area contributed by atoms with E-state index < -0.39 is 0 Å². The van der Waals surface area contributed by atoms with Gasteiger partial charge in [-0.15, -0.1) is 16.4 Å². The molecule has 1 saturated carbocycles. The van der Waals surface area contributed by atoms with Gasteiger partial charge in [-0.3, -0.25) is 4.79 Å². The maximum absolute atomic E-state index is 13.4. The second kappa shape index (κ2) is 7.51. The van der Waals surface area contributed by atoms with Gasteiger partial charge in [-0.25, -0.2) is 9.67 Å². The summed E-state index contributed by atoms with van der Waals surface area (Å²) in [4.78, 5) is 21.2. The molecule has 2 atom stereocenters. The van der Waals surface area contributed by atoms with E-state index >= 15 is 0 Å². The number of likely N-dealkylation sites (tertiary alicyclic amines) is 1. The molecule has 0 radical (unpaired) electrons. The van der Waals surface area contributed by atoms with Gasteiger partial charge in [-0.05, 0) is 55.2 Å². The zero-order valence-electron chi connectivity index (χ0n) is 15.8. The van der Waals surface area contributed by atoms with Gasteiger partial charge >= 0.3 is 0 Å². The number of fused-ring (bicyclic) bond motifs is 1. The zero-order valence-corrected chi connectivity index (χ0v) is 16.6. The number of amides is 1. The smallest absolute Gasteiger partial charge is 0.293 e. The number of benzene rings is 1. The summed E-state index contributed by atoms with van der Waals surface area (Å²) in [6.07, 6.45) is 7.23. The van der Waals surface area contributed by atoms with Crippen molar-refractivity contribution in [2.75, 3.05) is 6.54 Å². The van der Waals surface area contributed by atoms with Crippen LogP contribution >= 0.6 is 11.3 Å². The lowest BCUT2D eigenvalue weighted by atomic mass is 9.78. The first kappa shape index (κ1) is 17.6. The molecule has 2 unspecified atom stereocenters. The van der Waals surface area contributed by atoms with Crippen molar-refractivity contribution in [3.63, 3.8) is 0 Å². The van der Waals surface area contributed by atoms with E-state index in [0.717, 1.165) is 35.8 Å². The van der Waals surface area contributed by atoms with E-state index in [1.165, 1.54) is 25.7 Å². The van der Waals surface area contributed by atoms with Gasteiger partial charge in [-0.2, -0.15) is 0 Å². The van der Waals surface area contributed by atoms with Crippen LogP contribution in [0, 0.1) is 5.92 Å². The Hall–Kier alpha value is -2.47. The standard InChI is InChI=1S/C22H24N4OS/c27-22(25-14-6-9-16-8-4-5-12-18(16)25)20-23-21(19-13-7-15-28-19)26(24-20)17-10-2-1-3-11-17/h1-3,7,10-11,13,15-16,18H,4-6,8-9,12,14H2. The number of aromatic nitrogens is 3. The quantitative estimate of drug-likeness (QED) is 0.644. The topological polar surface area (TPSA) is 51.0 Å². The van der Waals surface area contributed by atoms with Crippen LogP contribution in [0.5, 0.6) is 0 Å². The molecular formula is C22H24N4OS. The first-order valence-corrected chi connectivity index (χ1v) is 11.1. The molecule has 2 aromatic heterocycles. The summed E-state index contributed by atoms with van der Waals surface area (Å²) >= 11 is 1.62. The van der Waals surface area contributed by atoms with E-state index in [0.29, 0.717) is 17.8 Å². The van der Waals surface area contributed by atoms with Crippen LogP contribution in [0.25, 0.3) is 16.4 Å². The van der Waals surface area contributed by atoms with E-state index in [1.54, 1.807) is 16.0 Å². The molecule has 1 saturated heterocycles. The highest BCUT2D eigenvalue weighted by Crippen LogP contribution is 2.36. The Morgan fingerprint density at radius 2 is 1.82 bits per heavy atom. The molecule has 1 aliphatic carbocycles. The Morgan fingerprint density at radius 1 is 1.00 bits per heavy atom. The van der Waals surface area contributed by atoms with E-state index in [4.69, 9.17) is 4.98 Å². The van der Waals surface area contributed by atoms with Crippen molar-refractivity contribution in [1.82, 2.24) is 19.7 Å². The number of carbonyl (C=O) groups is 1. The minimum Gasteiger partial charge on any atom is -0.333 e. The van der Waals surface area contributed by atoms with Crippen molar-refractivity contribution in [3.8, 4) is 16.4 Å². The van der Waals surface area contributed by atoms with Gasteiger partial charge in [0.05, 0.1) is 10.6 Å². The molecule has 1 aliphatic heterocycles. The summed E-state index contributed by atoms with van der Waals surface area (Å²) < 4.78 is 1.81. The predicted octanol–water partition coefficient (Wildman–Crippen LogP) is 4.79. The second-order valence-corrected chi connectivity index (χ2v) is 8.68. The molecule has 3 aromatic rings. The normalized spacial score (nSPS) is 22.1. The van der Waals surface area contributed by atoms with E-state index in [9.17, 15) is 4.79 Å². The van der Waals surface area contributed by atoms with Crippen molar-refractivity contribution < 1.29 is 4.79 Å². The lowest BCUT2D eigenvalue weighted by molar-refractivity contribution is 0.0379. The second-order valence-electron chi connectivity index (χ2n) is 7.74. The van der Waals surface area contributed by atoms with E-state index in [2.05, 4.69) is 10.00 Å². The molecule has 1 aromatic carbocycles. The Balaban J connectivity index is 1.52. The minimum absolute atomic E-state index is 0.0101. The van der Waals surface area contributed by atoms with Crippen molar-refractivity contribution in [3.05, 3.63) is 53.7 Å². The summed E-state index contributed by atoms with van der Waals surface area (Å²) in [5.74, 6) is 1.70. The highest BCUT2D eigenvalue weighted by Gasteiger charge is 2.37. The van der Waals surface area contributed by atoms with Crippen molar-refractivity contribution in [1.29, 1.82) is 0 Å². The monoisotopic (exact) mass is 392 g/mol. The number of carbonyl (C=O) groups excluding carboxylic acids is 1. The molecule has 3 heterocycles. The van der Waals surface area contributed by atoms with Gasteiger partial charge < -0.3 is 4.90 Å². The van der Waals surface area contributed by atoms with Crippen LogP contribution in [0.3, 0.4) is 0 Å². The fraction of sp³-hybridized carbons (Fsp3) is 0.409. The summed E-state index contributed by atoms with van der Waals surface area (Å²) in [6, 6.07) is 14.3. The molecule has 0 N–H and O–H groups in total. The van der Waals surface area contributed by atoms with Crippen LogP contribution in [0.4, 0.5) is 0 Å². The van der Waals surface area contributed by atoms with E-state index in [-0.39, 0.29) is 5.91 Å². The zero-order chi connectivity index (χ0) is 18.9. The lowest BCUT2D eigenvalue weighted by Gasteiger charge is -2.43. The van der Waals surface area contributed by atoms with Gasteiger partial charge in [-0.1, -0.05) is 37.1 Å². The number of nitrogens with zero attached hydrogens (tertiary/aromatic N) is 4. The molecule has 6 heteroatoms. The Kier molecular flexibility index (Phi) is 4.72. The average Bonchev–Trinajstić information content (AvgIpc) is 3.43. The Bertz CT molecular complexity index is 948. The summed E-state index contributed by atoms with van der Waals surface area (Å²) in [7, 11) is 0. The highest BCUT2D eigenvalue weighted by atomic mass is 32.1. The van der Waals surface area contributed by atoms with Crippen molar-refractivity contribution in [2.24, 2.45) is 5.92 Å². The molecule has 2 fully saturated rings. The SMILES string of the molecule is O=C(c1nc(-c2cccs2)n(-c2ccccc2)n1)N1CCCC2CCCCC21. The third-order valence-electron chi connectivity index (χ3n) is 6.04. The van der Waals surface area contributed by atoms with Crippen LogP contribution < -0.4 is 0 Å². The van der Waals surface area contributed by atoms with Crippen LogP contribution in [-0.2, 0) is 0 Å². The number of thiophene rings is 1. The fourth-order valence-electron chi connectivity index (χ4n) is 4.72. The number of rotatable bonds is 3. The Labute approximate surface area is 169 Å². The first-order valence-electron chi connectivity index (χ1n) is 10.2. The number of para-hydroxylation sites is 1. The summed E-state index contributed by atoms with van der Waals surface area (Å²) in [6.45, 7) is 0.828. The maximum Gasteiger partial charge on any atom is 0.293 e. The van der Waals surface area contributed by atoms with Crippen LogP contribution in [0.2, 0.25) is 0 Å². The molecule has 0 spiro atoms. The molecule has 1 amide bonds. The largest absolute Gasteiger partial charge is 0.333 e. The number of hydrogen-bond donors (Lipinski definition) is 0. The minimum atomic E-state index is -0.0101. The van der Waals surface area contributed by atoms with Gasteiger partial charge in [0.2, 0.25) is 5.82 Å². The highest BCUT2D eigenvalue weighted by molar-refractivity contribution is 7.13. The van der Waals surface area contributed by atoms with Gasteiger partial charge in [0.25, 0.3) is 5.91 Å². The van der Waals surface area contributed by atoms with Gasteiger partial charge in [0.15, 0.2) is 5.82 Å². The van der Waals surface area contributed by atoms with Crippen LogP contribution in [0.15, 0.2) is 47.8 Å². The third kappa shape index (κ3) is 3.15. The maximum atomic E-state index is 13.4. The van der Waals surface area contributed by atoms with Crippen LogP contribution in [-0.4, -0.2) is 38.2 Å². The predicted molar refractivity (Wildman–Crippen MR) is 111 cm³/mol. The molecule has 5 nitrogen and oxygen atoms in total. The molecule has 5 rings (SSSR count). The van der Waals surface area contributed by atoms with Gasteiger partial charge in [0.1, 0.15) is 0 Å². The van der Waals surface area contributed by atoms with Gasteiger partial charge in [0, 0.05) is 12.6 Å². The summed E-state index contributed by atoms with van der Waals surface area (Å²) in [5, 5.41) is 6.70. The van der Waals surface area contributed by atoms with Crippen molar-refractivity contribution >= 4 is 17.2 Å². The molecule has 28 heavy (non-hydrogen) atoms. The average molecular weight is 393 g/mol. The Morgan fingerprint density at radius 3 is 2.64 bits per heavy atom. The molecular weight excluding hydrogens is 368 g/mol. The number of hydrogen-bond acceptors (Lipinski definition) is 4. The lowest BCUT2D eigenvalue weighted by Crippen LogP contribution is -2.49. The van der Waals surface area contributed by atoms with E-state index in [1.807, 2.05) is 47.8 Å². The molecule has 144 valence electrons. The van der Waals surface area contributed by atoms with Crippen molar-refractivity contribution in [2.45, 2.75) is 44.6 Å². The molecule has 2 aliphatic rings. The number of piperidine rings is 1. The van der Waals surface area contributed by atoms with Crippen LogP contribution in [0.1, 0.15) is 49.1 Å². The third-order valence-corrected chi connectivity index (χ3v) is 6.91. The first-order chi connectivity index (χ1) is 13.8. The summed E-state index contributed by atoms with van der Waals surface area (Å²) in [5.41, 5.74) is 0.923. The fourth-order valence-corrected chi connectivity index (χ4v) is 5.42.